The minimum atomic E-state index is -4.24. The topological polar surface area (TPSA) is 138 Å². The van der Waals surface area contributed by atoms with E-state index in [1.165, 1.54) is 49.4 Å². The zero-order valence-corrected chi connectivity index (χ0v) is 24.1. The van der Waals surface area contributed by atoms with E-state index in [1.54, 1.807) is 45.0 Å². The molecule has 0 radical (unpaired) electrons. The molecule has 0 saturated heterocycles. The molecule has 0 fully saturated rings. The number of carbonyl (C=O) groups excluding carboxylic acids is 1. The summed E-state index contributed by atoms with van der Waals surface area (Å²) in [6, 6.07) is 13.1. The maximum atomic E-state index is 14.2. The number of nitriles is 1. The van der Waals surface area contributed by atoms with Crippen LogP contribution < -0.4 is 9.47 Å². The van der Waals surface area contributed by atoms with Gasteiger partial charge in [0, 0.05) is 29.4 Å². The van der Waals surface area contributed by atoms with Crippen LogP contribution in [0.25, 0.3) is 33.3 Å². The molecule has 4 aromatic heterocycles. The molecule has 5 rings (SSSR count). The van der Waals surface area contributed by atoms with Crippen LogP contribution in [-0.2, 0) is 14.8 Å². The zero-order chi connectivity index (χ0) is 29.7. The molecule has 11 nitrogen and oxygen atoms in total. The summed E-state index contributed by atoms with van der Waals surface area (Å²) in [6.07, 6.45) is 2.12. The van der Waals surface area contributed by atoms with E-state index in [2.05, 4.69) is 16.0 Å². The van der Waals surface area contributed by atoms with Gasteiger partial charge in [-0.15, -0.1) is 0 Å². The summed E-state index contributed by atoms with van der Waals surface area (Å²) in [5, 5.41) is 10.1. The third kappa shape index (κ3) is 4.74. The molecule has 0 bridgehead atoms. The van der Waals surface area contributed by atoms with E-state index in [4.69, 9.17) is 14.2 Å². The second kappa shape index (κ2) is 9.94. The van der Waals surface area contributed by atoms with E-state index in [-0.39, 0.29) is 44.5 Å². The van der Waals surface area contributed by atoms with Crippen molar-refractivity contribution in [3.8, 4) is 29.0 Å². The molecule has 4 heterocycles. The van der Waals surface area contributed by atoms with Crippen molar-refractivity contribution in [2.45, 2.75) is 38.2 Å². The van der Waals surface area contributed by atoms with Crippen LogP contribution in [0.5, 0.6) is 11.6 Å². The first-order chi connectivity index (χ1) is 19.4. The number of fused-ring (bicyclic) bond motifs is 2. The Morgan fingerprint density at radius 1 is 1.05 bits per heavy atom. The third-order valence-electron chi connectivity index (χ3n) is 6.33. The van der Waals surface area contributed by atoms with Crippen LogP contribution >= 0.6 is 0 Å². The standard InChI is InChI=1S/C29H27N5O6S/c1-17-7-9-19(10-8-17)41(36,37)34-22(13-20-18(15-30)11-12-31-26(20)34)21-16-33(28(35)40-29(2,3)4)23-14-24(38-5)27(39-6)32-25(21)23/h7-14,16H,1-6H3. The normalized spacial score (nSPS) is 11.9. The fourth-order valence-electron chi connectivity index (χ4n) is 4.47. The largest absolute Gasteiger partial charge is 0.491 e. The second-order valence-corrected chi connectivity index (χ2v) is 12.1. The Hall–Kier alpha value is -4.89. The number of hydrogen-bond donors (Lipinski definition) is 0. The van der Waals surface area contributed by atoms with Crippen LogP contribution in [0.2, 0.25) is 0 Å². The Morgan fingerprint density at radius 2 is 1.76 bits per heavy atom. The van der Waals surface area contributed by atoms with E-state index in [1.807, 2.05) is 6.92 Å². The minimum Gasteiger partial charge on any atom is -0.491 e. The molecule has 41 heavy (non-hydrogen) atoms. The molecular weight excluding hydrogens is 546 g/mol. The molecule has 0 aliphatic rings. The molecule has 0 N–H and O–H groups in total. The van der Waals surface area contributed by atoms with Crippen molar-refractivity contribution < 1.29 is 27.4 Å². The lowest BCUT2D eigenvalue weighted by atomic mass is 10.1. The number of ether oxygens (including phenoxy) is 3. The lowest BCUT2D eigenvalue weighted by Crippen LogP contribution is -2.26. The number of nitrogens with zero attached hydrogens (tertiary/aromatic N) is 5. The fraction of sp³-hybridized carbons (Fsp3) is 0.241. The average molecular weight is 574 g/mol. The molecule has 0 saturated carbocycles. The van der Waals surface area contributed by atoms with Gasteiger partial charge in [0.25, 0.3) is 15.9 Å². The Bertz CT molecular complexity index is 1980. The van der Waals surface area contributed by atoms with Crippen molar-refractivity contribution in [3.05, 3.63) is 66.0 Å². The van der Waals surface area contributed by atoms with Crippen molar-refractivity contribution >= 4 is 38.2 Å². The van der Waals surface area contributed by atoms with Gasteiger partial charge in [0.2, 0.25) is 0 Å². The molecule has 0 atom stereocenters. The number of hydrogen-bond acceptors (Lipinski definition) is 9. The van der Waals surface area contributed by atoms with Crippen molar-refractivity contribution in [3.63, 3.8) is 0 Å². The molecule has 0 aliphatic carbocycles. The van der Waals surface area contributed by atoms with Crippen molar-refractivity contribution in [1.82, 2.24) is 18.5 Å². The summed E-state index contributed by atoms with van der Waals surface area (Å²) in [5.41, 5.74) is 1.31. The Balaban J connectivity index is 1.91. The molecular formula is C29H27N5O6S. The molecule has 1 aromatic carbocycles. The first-order valence-electron chi connectivity index (χ1n) is 12.5. The van der Waals surface area contributed by atoms with Gasteiger partial charge < -0.3 is 14.2 Å². The monoisotopic (exact) mass is 573 g/mol. The molecule has 210 valence electrons. The number of benzene rings is 1. The highest BCUT2D eigenvalue weighted by atomic mass is 32.2. The summed E-state index contributed by atoms with van der Waals surface area (Å²) < 4.78 is 47.1. The van der Waals surface area contributed by atoms with Crippen molar-refractivity contribution in [2.75, 3.05) is 14.2 Å². The maximum Gasteiger partial charge on any atom is 0.419 e. The smallest absolute Gasteiger partial charge is 0.419 e. The predicted octanol–water partition coefficient (Wildman–Crippen LogP) is 5.27. The fourth-order valence-corrected chi connectivity index (χ4v) is 5.95. The molecule has 5 aromatic rings. The minimum absolute atomic E-state index is 0.0223. The van der Waals surface area contributed by atoms with Gasteiger partial charge in [0.1, 0.15) is 11.1 Å². The Morgan fingerprint density at radius 3 is 2.37 bits per heavy atom. The van der Waals surface area contributed by atoms with E-state index in [9.17, 15) is 18.5 Å². The lowest BCUT2D eigenvalue weighted by molar-refractivity contribution is 0.0544. The zero-order valence-electron chi connectivity index (χ0n) is 23.3. The van der Waals surface area contributed by atoms with Gasteiger partial charge in [-0.2, -0.15) is 5.26 Å². The van der Waals surface area contributed by atoms with E-state index >= 15 is 0 Å². The van der Waals surface area contributed by atoms with Gasteiger partial charge in [-0.1, -0.05) is 17.7 Å². The molecule has 0 aliphatic heterocycles. The Kier molecular flexibility index (Phi) is 6.71. The van der Waals surface area contributed by atoms with E-state index in [0.717, 1.165) is 9.54 Å². The molecule has 12 heteroatoms. The SMILES string of the molecule is COc1cc2c(nc1OC)c(-c1cc3c(C#N)ccnc3n1S(=O)(=O)c1ccc(C)cc1)cn2C(=O)OC(C)(C)C. The summed E-state index contributed by atoms with van der Waals surface area (Å²) in [4.78, 5) is 22.3. The molecule has 0 spiro atoms. The second-order valence-electron chi connectivity index (χ2n) is 10.3. The van der Waals surface area contributed by atoms with Crippen LogP contribution in [0.3, 0.4) is 0 Å². The van der Waals surface area contributed by atoms with Crippen LogP contribution in [0.15, 0.2) is 59.8 Å². The van der Waals surface area contributed by atoms with Crippen LogP contribution in [0.4, 0.5) is 4.79 Å². The number of pyridine rings is 2. The van der Waals surface area contributed by atoms with Crippen molar-refractivity contribution in [2.24, 2.45) is 0 Å². The first-order valence-corrected chi connectivity index (χ1v) is 13.9. The quantitative estimate of drug-likeness (QED) is 0.275. The van der Waals surface area contributed by atoms with Gasteiger partial charge in [-0.3, -0.25) is 4.57 Å². The summed E-state index contributed by atoms with van der Waals surface area (Å²) in [7, 11) is -1.39. The highest BCUT2D eigenvalue weighted by Gasteiger charge is 2.30. The highest BCUT2D eigenvalue weighted by molar-refractivity contribution is 7.90. The number of aryl methyl sites for hydroxylation is 1. The summed E-state index contributed by atoms with van der Waals surface area (Å²) in [6.45, 7) is 7.06. The molecule has 0 amide bonds. The van der Waals surface area contributed by atoms with E-state index < -0.39 is 21.7 Å². The number of carbonyl (C=O) groups is 1. The van der Waals surface area contributed by atoms with E-state index in [0.29, 0.717) is 10.9 Å². The highest BCUT2D eigenvalue weighted by Crippen LogP contribution is 2.39. The van der Waals surface area contributed by atoms with Crippen LogP contribution in [-0.4, -0.2) is 52.8 Å². The van der Waals surface area contributed by atoms with Crippen molar-refractivity contribution in [1.29, 1.82) is 5.26 Å². The predicted molar refractivity (Wildman–Crippen MR) is 152 cm³/mol. The molecule has 0 unspecified atom stereocenters. The lowest BCUT2D eigenvalue weighted by Gasteiger charge is -2.19. The average Bonchev–Trinajstić information content (AvgIpc) is 3.50. The maximum absolute atomic E-state index is 14.2. The number of rotatable bonds is 5. The van der Waals surface area contributed by atoms with Gasteiger partial charge in [-0.05, 0) is 52.0 Å². The van der Waals surface area contributed by atoms with Crippen LogP contribution in [0.1, 0.15) is 31.9 Å². The van der Waals surface area contributed by atoms with Gasteiger partial charge >= 0.3 is 6.09 Å². The van der Waals surface area contributed by atoms with Crippen LogP contribution in [0, 0.1) is 18.3 Å². The third-order valence-corrected chi connectivity index (χ3v) is 8.05. The van der Waals surface area contributed by atoms with Gasteiger partial charge in [0.15, 0.2) is 11.4 Å². The number of methoxy groups -OCH3 is 2. The van der Waals surface area contributed by atoms with Gasteiger partial charge in [-0.25, -0.2) is 27.2 Å². The first kappa shape index (κ1) is 27.7. The summed E-state index contributed by atoms with van der Waals surface area (Å²) >= 11 is 0. The van der Waals surface area contributed by atoms with Gasteiger partial charge in [0.05, 0.1) is 42.0 Å². The Labute approximate surface area is 236 Å². The summed E-state index contributed by atoms with van der Waals surface area (Å²) in [5.74, 6) is 0.388. The number of aromatic nitrogens is 4.